The fourth-order valence-electron chi connectivity index (χ4n) is 2.60. The molecule has 31 heavy (non-hydrogen) atoms. The molecule has 3 N–H and O–H groups in total. The smallest absolute Gasteiger partial charge is 0.341 e. The van der Waals surface area contributed by atoms with Crippen molar-refractivity contribution < 1.29 is 23.6 Å². The highest BCUT2D eigenvalue weighted by atomic mass is 32.2. The zero-order chi connectivity index (χ0) is 22.5. The Bertz CT molecular complexity index is 1100. The van der Waals surface area contributed by atoms with Crippen LogP contribution in [0.2, 0.25) is 0 Å². The first-order chi connectivity index (χ1) is 14.8. The van der Waals surface area contributed by atoms with Crippen LogP contribution in [0.4, 0.5) is 5.00 Å². The van der Waals surface area contributed by atoms with Gasteiger partial charge in [0.25, 0.3) is 11.8 Å². The molecule has 3 heterocycles. The number of nitrogens with zero attached hydrogens (tertiary/aromatic N) is 2. The number of nitrogens with one attached hydrogen (secondary N) is 1. The van der Waals surface area contributed by atoms with Gasteiger partial charge in [0.1, 0.15) is 15.8 Å². The van der Waals surface area contributed by atoms with Crippen LogP contribution in [0.3, 0.4) is 0 Å². The van der Waals surface area contributed by atoms with Gasteiger partial charge in [-0.15, -0.1) is 23.1 Å². The van der Waals surface area contributed by atoms with Crippen LogP contribution in [-0.2, 0) is 15.3 Å². The van der Waals surface area contributed by atoms with Gasteiger partial charge in [0.2, 0.25) is 0 Å². The molecule has 0 fully saturated rings. The van der Waals surface area contributed by atoms with E-state index in [4.69, 9.17) is 15.0 Å². The molecule has 162 valence electrons. The van der Waals surface area contributed by atoms with E-state index >= 15 is 0 Å². The third-order valence-electron chi connectivity index (χ3n) is 4.35. The summed E-state index contributed by atoms with van der Waals surface area (Å²) in [4.78, 5) is 40.8. The summed E-state index contributed by atoms with van der Waals surface area (Å²) >= 11 is 2.49. The van der Waals surface area contributed by atoms with E-state index in [0.29, 0.717) is 21.5 Å². The Morgan fingerprint density at radius 1 is 1.29 bits per heavy atom. The van der Waals surface area contributed by atoms with Crippen molar-refractivity contribution in [1.29, 1.82) is 0 Å². The third-order valence-corrected chi connectivity index (χ3v) is 6.21. The molecule has 0 saturated carbocycles. The second kappa shape index (κ2) is 9.75. The van der Waals surface area contributed by atoms with Crippen molar-refractivity contribution in [2.24, 2.45) is 5.73 Å². The van der Waals surface area contributed by atoms with Crippen LogP contribution in [0.25, 0.3) is 0 Å². The molecule has 0 spiro atoms. The Hall–Kier alpha value is -3.18. The van der Waals surface area contributed by atoms with Crippen molar-refractivity contribution in [2.45, 2.75) is 37.7 Å². The molecular weight excluding hydrogens is 440 g/mol. The van der Waals surface area contributed by atoms with Crippen LogP contribution < -0.4 is 11.1 Å². The number of esters is 1. The van der Waals surface area contributed by atoms with E-state index in [2.05, 4.69) is 15.5 Å². The quantitative estimate of drug-likeness (QED) is 0.386. The van der Waals surface area contributed by atoms with Crippen LogP contribution in [0.15, 0.2) is 39.3 Å². The fraction of sp³-hybridized carbons (Fsp3) is 0.250. The largest absolute Gasteiger partial charge is 0.449 e. The molecule has 0 saturated heterocycles. The molecule has 0 bridgehead atoms. The number of carbonyl (C=O) groups is 3. The Kier molecular flexibility index (Phi) is 7.08. The van der Waals surface area contributed by atoms with Crippen LogP contribution in [0, 0.1) is 13.8 Å². The number of thiophene rings is 1. The predicted molar refractivity (Wildman–Crippen MR) is 116 cm³/mol. The minimum Gasteiger partial charge on any atom is -0.449 e. The molecule has 2 amide bonds. The van der Waals surface area contributed by atoms with Crippen LogP contribution in [0.5, 0.6) is 0 Å². The van der Waals surface area contributed by atoms with Crippen molar-refractivity contribution in [1.82, 2.24) is 10.1 Å². The van der Waals surface area contributed by atoms with Gasteiger partial charge in [-0.1, -0.05) is 5.16 Å². The van der Waals surface area contributed by atoms with Crippen molar-refractivity contribution in [3.63, 3.8) is 0 Å². The average molecular weight is 461 g/mol. The summed E-state index contributed by atoms with van der Waals surface area (Å²) in [6, 6.07) is 4.71. The minimum absolute atomic E-state index is 0.196. The van der Waals surface area contributed by atoms with Gasteiger partial charge in [-0.05, 0) is 44.4 Å². The number of aryl methyl sites for hydroxylation is 2. The number of anilines is 1. The van der Waals surface area contributed by atoms with Gasteiger partial charge in [-0.25, -0.2) is 9.78 Å². The topological polar surface area (TPSA) is 137 Å². The highest BCUT2D eigenvalue weighted by Gasteiger charge is 2.23. The summed E-state index contributed by atoms with van der Waals surface area (Å²) in [5, 5.41) is 8.88. The zero-order valence-corrected chi connectivity index (χ0v) is 18.6. The van der Waals surface area contributed by atoms with E-state index in [-0.39, 0.29) is 11.1 Å². The summed E-state index contributed by atoms with van der Waals surface area (Å²) in [5.74, 6) is -0.691. The second-order valence-electron chi connectivity index (χ2n) is 6.51. The lowest BCUT2D eigenvalue weighted by Crippen LogP contribution is -2.30. The van der Waals surface area contributed by atoms with E-state index in [0.717, 1.165) is 22.6 Å². The third kappa shape index (κ3) is 5.30. The monoisotopic (exact) mass is 460 g/mol. The number of thioether (sulfide) groups is 1. The molecule has 3 aromatic rings. The molecule has 0 unspecified atom stereocenters. The minimum atomic E-state index is -1.10. The lowest BCUT2D eigenvalue weighted by molar-refractivity contribution is -0.123. The number of pyridine rings is 1. The number of hydrogen-bond acceptors (Lipinski definition) is 9. The fourth-order valence-corrected chi connectivity index (χ4v) is 4.53. The molecule has 0 aromatic carbocycles. The van der Waals surface area contributed by atoms with Crippen molar-refractivity contribution >= 4 is 45.9 Å². The van der Waals surface area contributed by atoms with Crippen molar-refractivity contribution in [3.05, 3.63) is 57.9 Å². The average Bonchev–Trinajstić information content (AvgIpc) is 3.33. The van der Waals surface area contributed by atoms with E-state index in [9.17, 15) is 14.4 Å². The number of nitrogens with two attached hydrogens (primary N) is 1. The highest BCUT2D eigenvalue weighted by molar-refractivity contribution is 7.98. The Morgan fingerprint density at radius 2 is 2.06 bits per heavy atom. The molecule has 0 aliphatic rings. The molecule has 0 aliphatic heterocycles. The first kappa shape index (κ1) is 22.5. The molecular formula is C20H20N4O5S2. The predicted octanol–water partition coefficient (Wildman–Crippen LogP) is 3.32. The van der Waals surface area contributed by atoms with Gasteiger partial charge >= 0.3 is 5.97 Å². The van der Waals surface area contributed by atoms with Gasteiger partial charge in [-0.3, -0.25) is 9.59 Å². The molecule has 3 aromatic heterocycles. The summed E-state index contributed by atoms with van der Waals surface area (Å²) in [7, 11) is 0. The SMILES string of the molecule is Cc1noc(C)c1CSc1ncccc1C(=O)O[C@@H](C)C(=O)Nc1sccc1C(N)=O. The van der Waals surface area contributed by atoms with Crippen LogP contribution in [-0.4, -0.2) is 34.0 Å². The molecule has 9 nitrogen and oxygen atoms in total. The number of rotatable bonds is 8. The Balaban J connectivity index is 1.66. The molecule has 0 radical (unpaired) electrons. The number of ether oxygens (including phenoxy) is 1. The number of carbonyl (C=O) groups excluding carboxylic acids is 3. The number of amides is 2. The van der Waals surface area contributed by atoms with Gasteiger partial charge in [-0.2, -0.15) is 0 Å². The molecule has 0 aliphatic carbocycles. The van der Waals surface area contributed by atoms with E-state index in [1.54, 1.807) is 23.7 Å². The Labute approximate surface area is 186 Å². The lowest BCUT2D eigenvalue weighted by Gasteiger charge is -2.14. The maximum atomic E-state index is 12.7. The standard InChI is InChI=1S/C20H20N4O5S2/c1-10-15(11(2)29-24-10)9-31-18-14(5-4-7-22-18)20(27)28-12(3)17(26)23-19-13(16(21)25)6-8-30-19/h4-8,12H,9H2,1-3H3,(H2,21,25)(H,23,26)/t12-/m0/s1. The van der Waals surface area contributed by atoms with Gasteiger partial charge in [0.05, 0.1) is 16.8 Å². The highest BCUT2D eigenvalue weighted by Crippen LogP contribution is 2.28. The summed E-state index contributed by atoms with van der Waals surface area (Å²) in [5.41, 5.74) is 7.43. The van der Waals surface area contributed by atoms with Gasteiger partial charge in [0, 0.05) is 17.5 Å². The van der Waals surface area contributed by atoms with Crippen LogP contribution >= 0.6 is 23.1 Å². The first-order valence-electron chi connectivity index (χ1n) is 9.16. The second-order valence-corrected chi connectivity index (χ2v) is 8.39. The zero-order valence-electron chi connectivity index (χ0n) is 17.0. The number of hydrogen-bond donors (Lipinski definition) is 2. The van der Waals surface area contributed by atoms with Gasteiger partial charge < -0.3 is 20.3 Å². The summed E-state index contributed by atoms with van der Waals surface area (Å²) < 4.78 is 10.5. The van der Waals surface area contributed by atoms with E-state index in [1.807, 2.05) is 13.8 Å². The van der Waals surface area contributed by atoms with E-state index < -0.39 is 23.9 Å². The maximum absolute atomic E-state index is 12.7. The Morgan fingerprint density at radius 3 is 2.74 bits per heavy atom. The van der Waals surface area contributed by atoms with Gasteiger partial charge in [0.15, 0.2) is 6.10 Å². The molecule has 1 atom stereocenters. The van der Waals surface area contributed by atoms with Crippen LogP contribution in [0.1, 0.15) is 44.7 Å². The van der Waals surface area contributed by atoms with Crippen molar-refractivity contribution in [3.8, 4) is 0 Å². The van der Waals surface area contributed by atoms with E-state index in [1.165, 1.54) is 24.8 Å². The molecule has 11 heteroatoms. The first-order valence-corrected chi connectivity index (χ1v) is 11.0. The summed E-state index contributed by atoms with van der Waals surface area (Å²) in [6.45, 7) is 5.11. The normalized spacial score (nSPS) is 11.7. The summed E-state index contributed by atoms with van der Waals surface area (Å²) in [6.07, 6.45) is 0.473. The maximum Gasteiger partial charge on any atom is 0.341 e. The lowest BCUT2D eigenvalue weighted by atomic mass is 10.2. The number of aromatic nitrogens is 2. The number of primary amides is 1. The molecule has 3 rings (SSSR count). The van der Waals surface area contributed by atoms with Crippen molar-refractivity contribution in [2.75, 3.05) is 5.32 Å².